The van der Waals surface area contributed by atoms with E-state index in [0.717, 1.165) is 12.0 Å². The number of likely N-dealkylation sites (tertiary alicyclic amines) is 1. The second kappa shape index (κ2) is 9.97. The van der Waals surface area contributed by atoms with Crippen molar-refractivity contribution in [3.63, 3.8) is 0 Å². The van der Waals surface area contributed by atoms with Gasteiger partial charge in [-0.15, -0.1) is 0 Å². The Morgan fingerprint density at radius 3 is 2.70 bits per heavy atom. The summed E-state index contributed by atoms with van der Waals surface area (Å²) in [5, 5.41) is 17.5. The third-order valence-corrected chi connectivity index (χ3v) is 6.30. The molecule has 1 aliphatic heterocycles. The van der Waals surface area contributed by atoms with Crippen molar-refractivity contribution in [3.05, 3.63) is 82.3 Å². The molecule has 7 nitrogen and oxygen atoms in total. The highest BCUT2D eigenvalue weighted by atomic mass is 35.5. The minimum Gasteiger partial charge on any atom is -0.474 e. The lowest BCUT2D eigenvalue weighted by molar-refractivity contribution is 0.0483. The minimum atomic E-state index is -0.145. The van der Waals surface area contributed by atoms with E-state index in [9.17, 15) is 4.79 Å². The van der Waals surface area contributed by atoms with E-state index in [2.05, 4.69) is 21.3 Å². The Kier molecular flexibility index (Phi) is 6.85. The van der Waals surface area contributed by atoms with Crippen LogP contribution in [-0.4, -0.2) is 45.2 Å². The van der Waals surface area contributed by atoms with Gasteiger partial charge in [0.2, 0.25) is 5.88 Å². The Labute approximate surface area is 198 Å². The fourth-order valence-corrected chi connectivity index (χ4v) is 4.47. The summed E-state index contributed by atoms with van der Waals surface area (Å²) in [5.41, 5.74) is 2.85. The molecule has 0 unspecified atom stereocenters. The number of aromatic nitrogens is 3. The molecule has 3 atom stereocenters. The number of halogens is 1. The van der Waals surface area contributed by atoms with Gasteiger partial charge < -0.3 is 9.64 Å². The van der Waals surface area contributed by atoms with Crippen molar-refractivity contribution in [2.24, 2.45) is 5.92 Å². The van der Waals surface area contributed by atoms with Crippen molar-refractivity contribution in [1.29, 1.82) is 5.26 Å². The van der Waals surface area contributed by atoms with Gasteiger partial charge in [-0.05, 0) is 50.1 Å². The molecule has 1 saturated heterocycles. The Hall–Kier alpha value is -3.50. The molecular formula is C25H24ClN5O2. The highest BCUT2D eigenvalue weighted by molar-refractivity contribution is 6.30. The first-order valence-electron chi connectivity index (χ1n) is 10.8. The van der Waals surface area contributed by atoms with Crippen LogP contribution in [0.25, 0.3) is 0 Å². The summed E-state index contributed by atoms with van der Waals surface area (Å²) in [4.78, 5) is 19.3. The van der Waals surface area contributed by atoms with Crippen molar-refractivity contribution in [2.75, 3.05) is 13.1 Å². The zero-order chi connectivity index (χ0) is 23.4. The molecule has 2 aromatic heterocycles. The zero-order valence-corrected chi connectivity index (χ0v) is 19.2. The lowest BCUT2D eigenvalue weighted by Crippen LogP contribution is -2.46. The van der Waals surface area contributed by atoms with Gasteiger partial charge in [-0.1, -0.05) is 23.7 Å². The molecule has 168 valence electrons. The largest absolute Gasteiger partial charge is 0.474 e. The van der Waals surface area contributed by atoms with E-state index in [-0.39, 0.29) is 23.8 Å². The molecule has 4 rings (SSSR count). The number of amides is 1. The van der Waals surface area contributed by atoms with Gasteiger partial charge in [-0.3, -0.25) is 4.79 Å². The number of nitrogens with zero attached hydrogens (tertiary/aromatic N) is 5. The molecule has 33 heavy (non-hydrogen) atoms. The predicted octanol–water partition coefficient (Wildman–Crippen LogP) is 4.42. The summed E-state index contributed by atoms with van der Waals surface area (Å²) < 4.78 is 6.16. The van der Waals surface area contributed by atoms with Gasteiger partial charge >= 0.3 is 0 Å². The molecule has 3 aromatic rings. The maximum Gasteiger partial charge on any atom is 0.255 e. The number of pyridine rings is 1. The van der Waals surface area contributed by atoms with Gasteiger partial charge in [0.05, 0.1) is 23.0 Å². The first-order valence-corrected chi connectivity index (χ1v) is 11.2. The molecule has 0 radical (unpaired) electrons. The Morgan fingerprint density at radius 2 is 2.03 bits per heavy atom. The number of nitriles is 1. The number of aryl methyl sites for hydroxylation is 1. The van der Waals surface area contributed by atoms with Crippen LogP contribution in [0.5, 0.6) is 5.88 Å². The molecule has 0 N–H and O–H groups in total. The van der Waals surface area contributed by atoms with Crippen LogP contribution in [0, 0.1) is 24.2 Å². The second-order valence-electron chi connectivity index (χ2n) is 8.27. The fraction of sp³-hybridized carbons (Fsp3) is 0.320. The van der Waals surface area contributed by atoms with Gasteiger partial charge in [0, 0.05) is 42.2 Å². The Balaban J connectivity index is 1.56. The highest BCUT2D eigenvalue weighted by Crippen LogP contribution is 2.37. The van der Waals surface area contributed by atoms with Gasteiger partial charge in [0.1, 0.15) is 12.2 Å². The van der Waals surface area contributed by atoms with Crippen molar-refractivity contribution in [2.45, 2.75) is 32.3 Å². The van der Waals surface area contributed by atoms with Gasteiger partial charge in [0.15, 0.2) is 0 Å². The summed E-state index contributed by atoms with van der Waals surface area (Å²) in [7, 11) is 0. The number of ether oxygens (including phenoxy) is 1. The van der Waals surface area contributed by atoms with Gasteiger partial charge in [-0.2, -0.15) is 15.5 Å². The minimum absolute atomic E-state index is 0.0484. The number of benzene rings is 1. The predicted molar refractivity (Wildman–Crippen MR) is 124 cm³/mol. The third-order valence-electron chi connectivity index (χ3n) is 6.05. The first kappa shape index (κ1) is 22.7. The van der Waals surface area contributed by atoms with E-state index in [1.54, 1.807) is 18.2 Å². The molecule has 0 spiro atoms. The summed E-state index contributed by atoms with van der Waals surface area (Å²) in [6.07, 6.45) is 3.65. The monoisotopic (exact) mass is 461 g/mol. The smallest absolute Gasteiger partial charge is 0.255 e. The Bertz CT molecular complexity index is 1160. The Morgan fingerprint density at radius 1 is 1.24 bits per heavy atom. The SMILES string of the molecule is Cc1cc(C(=O)N2CC[C@H]([C@H](C)Oc3ccc(C#N)cn3)[C@@H](c3ccc(Cl)cc3)C2)cnn1. The molecule has 3 heterocycles. The maximum atomic E-state index is 13.2. The summed E-state index contributed by atoms with van der Waals surface area (Å²) in [6.45, 7) is 5.02. The molecular weight excluding hydrogens is 438 g/mol. The number of hydrogen-bond acceptors (Lipinski definition) is 6. The van der Waals surface area contributed by atoms with Crippen LogP contribution in [0.4, 0.5) is 0 Å². The standard InChI is InChI=1S/C25H24ClN5O2/c1-16-11-20(14-29-30-16)25(32)31-10-9-22(23(15-31)19-4-6-21(26)7-5-19)17(2)33-24-8-3-18(12-27)13-28-24/h3-8,11,13-14,17,22-23H,9-10,15H2,1-2H3/t17-,22+,23+/m0/s1. The van der Waals surface area contributed by atoms with Crippen molar-refractivity contribution in [1.82, 2.24) is 20.1 Å². The lowest BCUT2D eigenvalue weighted by Gasteiger charge is -2.41. The van der Waals surface area contributed by atoms with Crippen LogP contribution in [0.1, 0.15) is 46.4 Å². The van der Waals surface area contributed by atoms with E-state index in [1.807, 2.05) is 43.0 Å². The molecule has 1 aromatic carbocycles. The molecule has 1 amide bonds. The van der Waals surface area contributed by atoms with Crippen LogP contribution in [0.15, 0.2) is 54.9 Å². The normalized spacial score (nSPS) is 18.9. The number of hydrogen-bond donors (Lipinski definition) is 0. The number of piperidine rings is 1. The van der Waals surface area contributed by atoms with E-state index >= 15 is 0 Å². The maximum absolute atomic E-state index is 13.2. The number of carbonyl (C=O) groups is 1. The van der Waals surface area contributed by atoms with Crippen molar-refractivity contribution >= 4 is 17.5 Å². The topological polar surface area (TPSA) is 92.0 Å². The van der Waals surface area contributed by atoms with Crippen LogP contribution >= 0.6 is 11.6 Å². The lowest BCUT2D eigenvalue weighted by atomic mass is 9.77. The average molecular weight is 462 g/mol. The summed E-state index contributed by atoms with van der Waals surface area (Å²) in [5.74, 6) is 0.648. The van der Waals surface area contributed by atoms with Crippen LogP contribution in [-0.2, 0) is 0 Å². The van der Waals surface area contributed by atoms with Crippen molar-refractivity contribution < 1.29 is 9.53 Å². The second-order valence-corrected chi connectivity index (χ2v) is 8.70. The average Bonchev–Trinajstić information content (AvgIpc) is 2.84. The van der Waals surface area contributed by atoms with E-state index in [1.165, 1.54) is 12.4 Å². The zero-order valence-electron chi connectivity index (χ0n) is 18.5. The molecule has 8 heteroatoms. The van der Waals surface area contributed by atoms with E-state index in [0.29, 0.717) is 40.8 Å². The molecule has 0 saturated carbocycles. The highest BCUT2D eigenvalue weighted by Gasteiger charge is 2.37. The van der Waals surface area contributed by atoms with Crippen LogP contribution in [0.3, 0.4) is 0 Å². The fourth-order valence-electron chi connectivity index (χ4n) is 4.35. The van der Waals surface area contributed by atoms with Crippen molar-refractivity contribution in [3.8, 4) is 11.9 Å². The number of rotatable bonds is 5. The van der Waals surface area contributed by atoms with E-state index < -0.39 is 0 Å². The summed E-state index contributed by atoms with van der Waals surface area (Å²) >= 11 is 6.12. The van der Waals surface area contributed by atoms with Gasteiger partial charge in [-0.25, -0.2) is 4.98 Å². The summed E-state index contributed by atoms with van der Waals surface area (Å²) in [6, 6.07) is 15.0. The van der Waals surface area contributed by atoms with Gasteiger partial charge in [0.25, 0.3) is 5.91 Å². The molecule has 1 fully saturated rings. The quantitative estimate of drug-likeness (QED) is 0.558. The molecule has 0 aliphatic carbocycles. The number of carbonyl (C=O) groups excluding carboxylic acids is 1. The first-order chi connectivity index (χ1) is 15.9. The molecule has 1 aliphatic rings. The molecule has 0 bridgehead atoms. The van der Waals surface area contributed by atoms with E-state index in [4.69, 9.17) is 21.6 Å². The third kappa shape index (κ3) is 5.29. The van der Waals surface area contributed by atoms with Crippen LogP contribution < -0.4 is 4.74 Å². The van der Waals surface area contributed by atoms with Crippen LogP contribution in [0.2, 0.25) is 5.02 Å².